The van der Waals surface area contributed by atoms with Crippen molar-refractivity contribution in [1.82, 2.24) is 20.4 Å². The van der Waals surface area contributed by atoms with Crippen LogP contribution in [0.3, 0.4) is 0 Å². The Morgan fingerprint density at radius 2 is 1.71 bits per heavy atom. The van der Waals surface area contributed by atoms with Gasteiger partial charge in [0.25, 0.3) is 0 Å². The Morgan fingerprint density at radius 1 is 1.08 bits per heavy atom. The molecule has 2 N–H and O–H groups in total. The average Bonchev–Trinajstić information content (AvgIpc) is 3.40. The number of benzene rings is 1. The van der Waals surface area contributed by atoms with Crippen molar-refractivity contribution in [2.45, 2.75) is 97.4 Å². The van der Waals surface area contributed by atoms with E-state index in [1.165, 1.54) is 12.1 Å². The zero-order valence-electron chi connectivity index (χ0n) is 23.8. The van der Waals surface area contributed by atoms with E-state index in [1.54, 1.807) is 35.9 Å². The number of rotatable bonds is 7. The molecular weight excluding hydrogens is 491 g/mol. The lowest BCUT2D eigenvalue weighted by Crippen LogP contribution is -2.59. The smallest absolute Gasteiger partial charge is 0.410 e. The average molecular weight is 535 g/mol. The molecule has 0 radical (unpaired) electrons. The molecule has 2 aliphatic heterocycles. The molecule has 0 bridgehead atoms. The predicted molar refractivity (Wildman–Crippen MR) is 142 cm³/mol. The zero-order valence-corrected chi connectivity index (χ0v) is 23.8. The largest absolute Gasteiger partial charge is 0.444 e. The first kappa shape index (κ1) is 29.8. The SMILES string of the molecule is CNC(C)C(=O)NC(C(=O)N1CCC2C1C(OCc1ccc(F)cc1)CN2C(=O)OC(C)(C)C)C(C)(C)C. The lowest BCUT2D eigenvalue weighted by Gasteiger charge is -2.37. The van der Waals surface area contributed by atoms with Gasteiger partial charge in [0.1, 0.15) is 17.5 Å². The number of halogens is 1. The summed E-state index contributed by atoms with van der Waals surface area (Å²) < 4.78 is 25.3. The third kappa shape index (κ3) is 7.02. The van der Waals surface area contributed by atoms with Gasteiger partial charge < -0.3 is 29.9 Å². The van der Waals surface area contributed by atoms with Crippen LogP contribution in [0.5, 0.6) is 0 Å². The van der Waals surface area contributed by atoms with Gasteiger partial charge in [0.05, 0.1) is 37.4 Å². The molecule has 0 aromatic heterocycles. The highest BCUT2D eigenvalue weighted by atomic mass is 19.1. The standard InChI is InChI=1S/C28H43FN4O5/c1-17(30-8)24(34)31-23(27(2,3)4)25(35)32-14-13-20-22(32)21(15-33(20)26(36)38-28(5,6)7)37-16-18-9-11-19(29)12-10-18/h9-12,17,20-23,30H,13-16H2,1-8H3,(H,31,34). The Hall–Kier alpha value is -2.72. The zero-order chi connectivity index (χ0) is 28.4. The number of nitrogens with one attached hydrogen (secondary N) is 2. The number of likely N-dealkylation sites (N-methyl/N-ethyl adjacent to an activating group) is 1. The molecule has 2 aliphatic rings. The quantitative estimate of drug-likeness (QED) is 0.558. The van der Waals surface area contributed by atoms with E-state index in [9.17, 15) is 18.8 Å². The summed E-state index contributed by atoms with van der Waals surface area (Å²) in [4.78, 5) is 43.3. The lowest BCUT2D eigenvalue weighted by atomic mass is 9.85. The van der Waals surface area contributed by atoms with Gasteiger partial charge in [-0.3, -0.25) is 9.59 Å². The van der Waals surface area contributed by atoms with E-state index in [4.69, 9.17) is 9.47 Å². The van der Waals surface area contributed by atoms with Gasteiger partial charge in [-0.1, -0.05) is 32.9 Å². The summed E-state index contributed by atoms with van der Waals surface area (Å²) in [6, 6.07) is 4.14. The van der Waals surface area contributed by atoms with E-state index < -0.39 is 41.3 Å². The summed E-state index contributed by atoms with van der Waals surface area (Å²) in [7, 11) is 1.69. The highest BCUT2D eigenvalue weighted by Gasteiger charge is 2.54. The Labute approximate surface area is 225 Å². The van der Waals surface area contributed by atoms with E-state index >= 15 is 0 Å². The number of ether oxygens (including phenoxy) is 2. The van der Waals surface area contributed by atoms with Crippen LogP contribution in [0.4, 0.5) is 9.18 Å². The number of likely N-dealkylation sites (tertiary alicyclic amines) is 2. The van der Waals surface area contributed by atoms with E-state index in [2.05, 4.69) is 10.6 Å². The fourth-order valence-electron chi connectivity index (χ4n) is 4.96. The van der Waals surface area contributed by atoms with Crippen molar-refractivity contribution in [2.24, 2.45) is 5.41 Å². The van der Waals surface area contributed by atoms with Crippen LogP contribution in [0.15, 0.2) is 24.3 Å². The molecule has 2 saturated heterocycles. The molecule has 5 unspecified atom stereocenters. The van der Waals surface area contributed by atoms with Crippen molar-refractivity contribution in [3.8, 4) is 0 Å². The van der Waals surface area contributed by atoms with E-state index in [0.29, 0.717) is 13.0 Å². The molecular formula is C28H43FN4O5. The number of carbonyl (C=O) groups is 3. The van der Waals surface area contributed by atoms with Crippen molar-refractivity contribution < 1.29 is 28.2 Å². The second-order valence-corrected chi connectivity index (χ2v) is 12.3. The molecule has 5 atom stereocenters. The second-order valence-electron chi connectivity index (χ2n) is 12.3. The highest BCUT2D eigenvalue weighted by molar-refractivity contribution is 5.90. The molecule has 2 fully saturated rings. The van der Waals surface area contributed by atoms with Gasteiger partial charge >= 0.3 is 6.09 Å². The number of fused-ring (bicyclic) bond motifs is 1. The maximum Gasteiger partial charge on any atom is 0.410 e. The number of amides is 3. The maximum atomic E-state index is 14.0. The Morgan fingerprint density at radius 3 is 2.26 bits per heavy atom. The first-order valence-corrected chi connectivity index (χ1v) is 13.3. The molecule has 0 spiro atoms. The second kappa shape index (κ2) is 11.6. The number of carbonyl (C=O) groups excluding carboxylic acids is 3. The normalized spacial score (nSPS) is 23.1. The Kier molecular flexibility index (Phi) is 9.08. The first-order valence-electron chi connectivity index (χ1n) is 13.3. The van der Waals surface area contributed by atoms with E-state index in [-0.39, 0.29) is 36.8 Å². The van der Waals surface area contributed by atoms with Crippen LogP contribution in [0.1, 0.15) is 60.5 Å². The summed E-state index contributed by atoms with van der Waals surface area (Å²) in [6.07, 6.45) is -0.348. The molecule has 212 valence electrons. The van der Waals surface area contributed by atoms with Crippen molar-refractivity contribution in [1.29, 1.82) is 0 Å². The molecule has 38 heavy (non-hydrogen) atoms. The van der Waals surface area contributed by atoms with Crippen LogP contribution in [-0.2, 0) is 25.7 Å². The Balaban J connectivity index is 1.87. The van der Waals surface area contributed by atoms with E-state index in [0.717, 1.165) is 5.56 Å². The van der Waals surface area contributed by atoms with E-state index in [1.807, 2.05) is 41.5 Å². The third-order valence-corrected chi connectivity index (χ3v) is 7.09. The molecule has 0 aliphatic carbocycles. The first-order chi connectivity index (χ1) is 17.6. The molecule has 9 nitrogen and oxygen atoms in total. The van der Waals surface area contributed by atoms with Crippen LogP contribution < -0.4 is 10.6 Å². The fourth-order valence-corrected chi connectivity index (χ4v) is 4.96. The Bertz CT molecular complexity index is 1000. The fraction of sp³-hybridized carbons (Fsp3) is 0.679. The molecule has 1 aromatic carbocycles. The van der Waals surface area contributed by atoms with Crippen LogP contribution in [0, 0.1) is 11.2 Å². The summed E-state index contributed by atoms with van der Waals surface area (Å²) in [5.74, 6) is -0.799. The minimum absolute atomic E-state index is 0.205. The van der Waals surface area contributed by atoms with Gasteiger partial charge in [-0.25, -0.2) is 9.18 Å². The summed E-state index contributed by atoms with van der Waals surface area (Å²) in [5, 5.41) is 5.84. The van der Waals surface area contributed by atoms with Crippen molar-refractivity contribution in [3.63, 3.8) is 0 Å². The van der Waals surface area contributed by atoms with Crippen molar-refractivity contribution >= 4 is 17.9 Å². The van der Waals surface area contributed by atoms with Crippen LogP contribution in [0.25, 0.3) is 0 Å². The number of hydrogen-bond acceptors (Lipinski definition) is 6. The summed E-state index contributed by atoms with van der Waals surface area (Å²) in [6.45, 7) is 13.8. The maximum absolute atomic E-state index is 14.0. The molecule has 0 saturated carbocycles. The van der Waals surface area contributed by atoms with Gasteiger partial charge in [0.2, 0.25) is 11.8 Å². The molecule has 1 aromatic rings. The van der Waals surface area contributed by atoms with Gasteiger partial charge in [-0.2, -0.15) is 0 Å². The van der Waals surface area contributed by atoms with Gasteiger partial charge in [0.15, 0.2) is 0 Å². The number of nitrogens with zero attached hydrogens (tertiary/aromatic N) is 2. The lowest BCUT2D eigenvalue weighted by molar-refractivity contribution is -0.142. The molecule has 2 heterocycles. The molecule has 3 rings (SSSR count). The molecule has 3 amide bonds. The van der Waals surface area contributed by atoms with Gasteiger partial charge in [-0.15, -0.1) is 0 Å². The summed E-state index contributed by atoms with van der Waals surface area (Å²) >= 11 is 0. The minimum Gasteiger partial charge on any atom is -0.444 e. The third-order valence-electron chi connectivity index (χ3n) is 7.09. The predicted octanol–water partition coefficient (Wildman–Crippen LogP) is 3.07. The van der Waals surface area contributed by atoms with Crippen molar-refractivity contribution in [2.75, 3.05) is 20.1 Å². The summed E-state index contributed by atoms with van der Waals surface area (Å²) in [5.41, 5.74) is -0.429. The number of hydrogen-bond donors (Lipinski definition) is 2. The van der Waals surface area contributed by atoms with Crippen LogP contribution >= 0.6 is 0 Å². The minimum atomic E-state index is -0.766. The molecule has 10 heteroatoms. The highest BCUT2D eigenvalue weighted by Crippen LogP contribution is 2.36. The van der Waals surface area contributed by atoms with Crippen LogP contribution in [0.2, 0.25) is 0 Å². The van der Waals surface area contributed by atoms with Gasteiger partial charge in [0, 0.05) is 6.54 Å². The topological polar surface area (TPSA) is 100 Å². The van der Waals surface area contributed by atoms with Crippen LogP contribution in [-0.4, -0.2) is 83.7 Å². The van der Waals surface area contributed by atoms with Gasteiger partial charge in [-0.05, 0) is 64.3 Å². The van der Waals surface area contributed by atoms with Crippen molar-refractivity contribution in [3.05, 3.63) is 35.6 Å². The monoisotopic (exact) mass is 534 g/mol.